The number of hydrogen-bond acceptors (Lipinski definition) is 5. The molecule has 150 valence electrons. The molecule has 0 radical (unpaired) electrons. The Hall–Kier alpha value is -1.79. The fourth-order valence-corrected chi connectivity index (χ4v) is 6.07. The number of carbonyl (C=O) groups excluding carboxylic acids is 3. The zero-order valence-corrected chi connectivity index (χ0v) is 16.7. The Labute approximate surface area is 160 Å². The normalized spacial score (nSPS) is 40.7. The molecule has 5 aliphatic heterocycles. The molecule has 0 aromatic carbocycles. The zero-order valence-electron chi connectivity index (χ0n) is 16.7. The van der Waals surface area contributed by atoms with Crippen molar-refractivity contribution >= 4 is 18.0 Å². The molecule has 7 nitrogen and oxygen atoms in total. The van der Waals surface area contributed by atoms with Crippen molar-refractivity contribution in [3.63, 3.8) is 0 Å². The lowest BCUT2D eigenvalue weighted by Crippen LogP contribution is -2.80. The first-order valence-corrected chi connectivity index (χ1v) is 10.1. The Bertz CT molecular complexity index is 686. The van der Waals surface area contributed by atoms with E-state index in [9.17, 15) is 14.4 Å². The number of rotatable bonds is 1. The van der Waals surface area contributed by atoms with Crippen molar-refractivity contribution in [1.29, 1.82) is 0 Å². The molecule has 7 heteroatoms. The molecule has 27 heavy (non-hydrogen) atoms. The van der Waals surface area contributed by atoms with Gasteiger partial charge >= 0.3 is 6.16 Å². The molecule has 7 fully saturated rings. The van der Waals surface area contributed by atoms with Crippen LogP contribution in [0.1, 0.15) is 65.7 Å². The smallest absolute Gasteiger partial charge is 0.429 e. The molecule has 4 bridgehead atoms. The van der Waals surface area contributed by atoms with Gasteiger partial charge in [-0.05, 0) is 65.7 Å². The van der Waals surface area contributed by atoms with Gasteiger partial charge in [-0.15, -0.1) is 0 Å². The van der Waals surface area contributed by atoms with E-state index in [1.165, 1.54) is 0 Å². The number of ether oxygens (including phenoxy) is 2. The van der Waals surface area contributed by atoms with Crippen LogP contribution in [0.3, 0.4) is 0 Å². The highest BCUT2D eigenvalue weighted by Gasteiger charge is 2.69. The van der Waals surface area contributed by atoms with Gasteiger partial charge in [0.1, 0.15) is 11.7 Å². The molecule has 5 atom stereocenters. The van der Waals surface area contributed by atoms with Crippen LogP contribution in [0.15, 0.2) is 0 Å². The summed E-state index contributed by atoms with van der Waals surface area (Å²) >= 11 is 0. The van der Waals surface area contributed by atoms with Crippen LogP contribution < -0.4 is 5.32 Å². The Kier molecular flexibility index (Phi) is 4.02. The minimum atomic E-state index is -0.827. The number of hydrogen-bond donors (Lipinski definition) is 1. The Morgan fingerprint density at radius 3 is 2.56 bits per heavy atom. The van der Waals surface area contributed by atoms with Crippen molar-refractivity contribution in [2.45, 2.75) is 89.0 Å². The zero-order chi connectivity index (χ0) is 19.6. The van der Waals surface area contributed by atoms with Crippen molar-refractivity contribution in [2.75, 3.05) is 7.05 Å². The molecule has 7 rings (SSSR count). The summed E-state index contributed by atoms with van der Waals surface area (Å²) in [5.74, 6) is -0.0812. The van der Waals surface area contributed by atoms with Crippen LogP contribution in [0, 0.1) is 11.3 Å². The van der Waals surface area contributed by atoms with Gasteiger partial charge < -0.3 is 19.7 Å². The fourth-order valence-electron chi connectivity index (χ4n) is 6.07. The van der Waals surface area contributed by atoms with Gasteiger partial charge in [-0.1, -0.05) is 0 Å². The highest BCUT2D eigenvalue weighted by molar-refractivity contribution is 5.91. The maximum atomic E-state index is 13.5. The van der Waals surface area contributed by atoms with E-state index in [2.05, 4.69) is 5.32 Å². The van der Waals surface area contributed by atoms with E-state index in [4.69, 9.17) is 9.47 Å². The predicted octanol–water partition coefficient (Wildman–Crippen LogP) is 2.38. The molecule has 2 amide bonds. The van der Waals surface area contributed by atoms with E-state index in [1.807, 2.05) is 7.05 Å². The van der Waals surface area contributed by atoms with Crippen LogP contribution in [0.5, 0.6) is 0 Å². The summed E-state index contributed by atoms with van der Waals surface area (Å²) in [7, 11) is 1.83. The van der Waals surface area contributed by atoms with Crippen molar-refractivity contribution in [3.05, 3.63) is 0 Å². The summed E-state index contributed by atoms with van der Waals surface area (Å²) in [6, 6.07) is -0.0198. The Morgan fingerprint density at radius 1 is 1.15 bits per heavy atom. The predicted molar refractivity (Wildman–Crippen MR) is 96.8 cm³/mol. The van der Waals surface area contributed by atoms with Gasteiger partial charge in [0.25, 0.3) is 0 Å². The molecular formula is C20H30N2O5. The molecule has 1 N–H and O–H groups in total. The van der Waals surface area contributed by atoms with Crippen LogP contribution in [0.25, 0.3) is 0 Å². The van der Waals surface area contributed by atoms with Crippen LogP contribution in [0.4, 0.5) is 4.79 Å². The third-order valence-corrected chi connectivity index (χ3v) is 7.19. The molecule has 5 saturated heterocycles. The third-order valence-electron chi connectivity index (χ3n) is 7.19. The van der Waals surface area contributed by atoms with Crippen LogP contribution in [-0.2, 0) is 19.1 Å². The minimum Gasteiger partial charge on any atom is -0.429 e. The lowest BCUT2D eigenvalue weighted by atomic mass is 9.50. The number of nitrogens with zero attached hydrogens (tertiary/aromatic N) is 1. The lowest BCUT2D eigenvalue weighted by molar-refractivity contribution is -0.192. The van der Waals surface area contributed by atoms with Gasteiger partial charge in [-0.3, -0.25) is 9.59 Å². The fraction of sp³-hybridized carbons (Fsp3) is 0.850. The number of amides is 2. The topological polar surface area (TPSA) is 84.9 Å². The summed E-state index contributed by atoms with van der Waals surface area (Å²) in [6.45, 7) is 5.37. The second-order valence-electron chi connectivity index (χ2n) is 9.67. The first-order valence-electron chi connectivity index (χ1n) is 10.1. The van der Waals surface area contributed by atoms with E-state index < -0.39 is 28.8 Å². The molecule has 5 heterocycles. The summed E-state index contributed by atoms with van der Waals surface area (Å²) < 4.78 is 11.1. The summed E-state index contributed by atoms with van der Waals surface area (Å²) in [5, 5.41) is 3.21. The Morgan fingerprint density at radius 2 is 1.89 bits per heavy atom. The van der Waals surface area contributed by atoms with Crippen molar-refractivity contribution in [1.82, 2.24) is 10.2 Å². The average molecular weight is 378 g/mol. The Balaban J connectivity index is 1.73. The summed E-state index contributed by atoms with van der Waals surface area (Å²) in [4.78, 5) is 40.6. The van der Waals surface area contributed by atoms with Crippen molar-refractivity contribution in [3.8, 4) is 0 Å². The largest absolute Gasteiger partial charge is 0.509 e. The van der Waals surface area contributed by atoms with E-state index in [1.54, 1.807) is 25.7 Å². The van der Waals surface area contributed by atoms with Crippen molar-refractivity contribution in [2.24, 2.45) is 11.3 Å². The van der Waals surface area contributed by atoms with Gasteiger partial charge in [0, 0.05) is 13.1 Å². The molecule has 0 aromatic heterocycles. The third kappa shape index (κ3) is 2.57. The standard InChI is InChI=1S/C20H30N2O5/c1-18(2,3)27-17(25)26-14-6-5-9-19-10-8-13(22(4)16(19)24)12-7-11-20(14,19)21-15(12)23/h12-14H,5-11H2,1-4H3,(H,21,23)/t12-,13-,14+,19+,20+/m1/s1. The van der Waals surface area contributed by atoms with E-state index in [0.29, 0.717) is 12.8 Å². The second-order valence-corrected chi connectivity index (χ2v) is 9.67. The van der Waals surface area contributed by atoms with Gasteiger partial charge in [0.15, 0.2) is 0 Å². The minimum absolute atomic E-state index is 0.00522. The SMILES string of the molecule is CN1C(=O)[C@@]23CCC[C@H](OC(=O)OC(C)(C)C)[C@@]24CC[C@@H](C(=O)N4)[C@H]1CC3. The van der Waals surface area contributed by atoms with Gasteiger partial charge in [-0.2, -0.15) is 0 Å². The van der Waals surface area contributed by atoms with Crippen LogP contribution in [0.2, 0.25) is 0 Å². The quantitative estimate of drug-likeness (QED) is 0.708. The average Bonchev–Trinajstić information content (AvgIpc) is 2.54. The maximum Gasteiger partial charge on any atom is 0.509 e. The monoisotopic (exact) mass is 378 g/mol. The van der Waals surface area contributed by atoms with Crippen molar-refractivity contribution < 1.29 is 23.9 Å². The summed E-state index contributed by atoms with van der Waals surface area (Å²) in [6.07, 6.45) is 3.85. The first kappa shape index (κ1) is 18.6. The number of piperidine rings is 2. The maximum absolute atomic E-state index is 13.5. The molecule has 7 aliphatic rings. The lowest BCUT2D eigenvalue weighted by Gasteiger charge is -2.64. The molecule has 0 aromatic rings. The summed E-state index contributed by atoms with van der Waals surface area (Å²) in [5.41, 5.74) is -2.17. The number of nitrogens with one attached hydrogen (secondary N) is 1. The molecule has 2 aliphatic carbocycles. The van der Waals surface area contributed by atoms with E-state index >= 15 is 0 Å². The van der Waals surface area contributed by atoms with Gasteiger partial charge in [0.2, 0.25) is 11.8 Å². The molecule has 2 saturated carbocycles. The molecule has 0 unspecified atom stereocenters. The number of carbonyl (C=O) groups is 3. The van der Waals surface area contributed by atoms with E-state index in [-0.39, 0.29) is 23.8 Å². The van der Waals surface area contributed by atoms with E-state index in [0.717, 1.165) is 32.1 Å². The van der Waals surface area contributed by atoms with Crippen LogP contribution >= 0.6 is 0 Å². The highest BCUT2D eigenvalue weighted by Crippen LogP contribution is 2.58. The molecular weight excluding hydrogens is 348 g/mol. The van der Waals surface area contributed by atoms with Gasteiger partial charge in [-0.25, -0.2) is 4.79 Å². The second kappa shape index (κ2) is 5.85. The highest BCUT2D eigenvalue weighted by atomic mass is 16.7. The van der Waals surface area contributed by atoms with Gasteiger partial charge in [0.05, 0.1) is 16.9 Å². The first-order chi connectivity index (χ1) is 12.6. The van der Waals surface area contributed by atoms with Crippen LogP contribution in [-0.4, -0.2) is 53.2 Å². The molecule has 2 spiro atoms.